The number of carbonyl (C=O) groups excluding carboxylic acids is 1. The van der Waals surface area contributed by atoms with E-state index in [1.54, 1.807) is 0 Å². The predicted molar refractivity (Wildman–Crippen MR) is 91.1 cm³/mol. The molecule has 2 saturated carbocycles. The van der Waals surface area contributed by atoms with Crippen LogP contribution in [0.2, 0.25) is 5.02 Å². The van der Waals surface area contributed by atoms with Crippen LogP contribution in [0, 0.1) is 24.7 Å². The molecule has 2 fully saturated rings. The van der Waals surface area contributed by atoms with Gasteiger partial charge in [-0.15, -0.1) is 0 Å². The molecule has 3 rings (SSSR count). The Morgan fingerprint density at radius 1 is 1.36 bits per heavy atom. The number of rotatable bonds is 5. The summed E-state index contributed by atoms with van der Waals surface area (Å²) < 4.78 is 0. The first-order chi connectivity index (χ1) is 10.5. The molecule has 2 aliphatic rings. The molecular formula is C19H26ClNO. The minimum atomic E-state index is 0.173. The summed E-state index contributed by atoms with van der Waals surface area (Å²) in [5, 5.41) is 4.02. The summed E-state index contributed by atoms with van der Waals surface area (Å²) in [4.78, 5) is 12.2. The second kappa shape index (κ2) is 6.62. The maximum Gasteiger partial charge on any atom is 0.220 e. The zero-order valence-electron chi connectivity index (χ0n) is 13.6. The molecule has 3 heteroatoms. The lowest BCUT2D eigenvalue weighted by Gasteiger charge is -2.28. The molecule has 1 N–H and O–H groups in total. The van der Waals surface area contributed by atoms with Crippen LogP contribution in [0.4, 0.5) is 0 Å². The molecule has 22 heavy (non-hydrogen) atoms. The molecule has 0 aliphatic heterocycles. The predicted octanol–water partition coefficient (Wildman–Crippen LogP) is 4.52. The maximum absolute atomic E-state index is 12.2. The topological polar surface area (TPSA) is 29.1 Å². The van der Waals surface area contributed by atoms with Crippen LogP contribution >= 0.6 is 11.6 Å². The zero-order chi connectivity index (χ0) is 15.7. The zero-order valence-corrected chi connectivity index (χ0v) is 14.3. The van der Waals surface area contributed by atoms with Crippen molar-refractivity contribution in [2.45, 2.75) is 58.4 Å². The van der Waals surface area contributed by atoms with Crippen molar-refractivity contribution in [1.82, 2.24) is 5.32 Å². The Balaban J connectivity index is 1.47. The Bertz CT molecular complexity index is 556. The lowest BCUT2D eigenvalue weighted by molar-refractivity contribution is -0.122. The molecule has 120 valence electrons. The lowest BCUT2D eigenvalue weighted by Crippen LogP contribution is -2.40. The van der Waals surface area contributed by atoms with E-state index in [2.05, 4.69) is 18.3 Å². The fraction of sp³-hybridized carbons (Fsp3) is 0.632. The fourth-order valence-corrected chi connectivity index (χ4v) is 4.59. The monoisotopic (exact) mass is 319 g/mol. The molecule has 1 aromatic carbocycles. The molecule has 4 unspecified atom stereocenters. The van der Waals surface area contributed by atoms with E-state index in [0.29, 0.717) is 18.4 Å². The van der Waals surface area contributed by atoms with E-state index in [-0.39, 0.29) is 5.91 Å². The summed E-state index contributed by atoms with van der Waals surface area (Å²) in [6.45, 7) is 4.18. The number of carbonyl (C=O) groups is 1. The van der Waals surface area contributed by atoms with Crippen LogP contribution in [0.15, 0.2) is 18.2 Å². The standard InChI is InChI=1S/C19H26ClNO/c1-12-3-4-14(11-18(12)20)6-8-19(22)21-13(2)17-10-15-5-7-16(17)9-15/h3-4,11,13,15-17H,5-10H2,1-2H3,(H,21,22). The number of amides is 1. The molecule has 0 saturated heterocycles. The average Bonchev–Trinajstić information content (AvgIpc) is 3.11. The molecule has 2 nitrogen and oxygen atoms in total. The van der Waals surface area contributed by atoms with Gasteiger partial charge < -0.3 is 5.32 Å². The fourth-order valence-electron chi connectivity index (χ4n) is 4.39. The van der Waals surface area contributed by atoms with Crippen molar-refractivity contribution in [2.75, 3.05) is 0 Å². The number of aryl methyl sites for hydroxylation is 2. The van der Waals surface area contributed by atoms with Gasteiger partial charge in [-0.1, -0.05) is 30.2 Å². The van der Waals surface area contributed by atoms with E-state index in [4.69, 9.17) is 11.6 Å². The molecule has 2 bridgehead atoms. The second-order valence-corrected chi connectivity index (χ2v) is 7.69. The Hall–Kier alpha value is -1.02. The highest BCUT2D eigenvalue weighted by atomic mass is 35.5. The van der Waals surface area contributed by atoms with Gasteiger partial charge in [0.05, 0.1) is 0 Å². The minimum Gasteiger partial charge on any atom is -0.353 e. The molecule has 2 aliphatic carbocycles. The van der Waals surface area contributed by atoms with Crippen LogP contribution in [0.25, 0.3) is 0 Å². The maximum atomic E-state index is 12.2. The highest BCUT2D eigenvalue weighted by Gasteiger charge is 2.41. The average molecular weight is 320 g/mol. The van der Waals surface area contributed by atoms with Gasteiger partial charge in [0, 0.05) is 17.5 Å². The van der Waals surface area contributed by atoms with Crippen LogP contribution in [0.3, 0.4) is 0 Å². The number of hydrogen-bond donors (Lipinski definition) is 1. The van der Waals surface area contributed by atoms with Crippen LogP contribution in [0.1, 0.15) is 50.2 Å². The van der Waals surface area contributed by atoms with Gasteiger partial charge in [0.1, 0.15) is 0 Å². The number of halogens is 1. The molecule has 1 amide bonds. The van der Waals surface area contributed by atoms with Crippen LogP contribution in [-0.2, 0) is 11.2 Å². The van der Waals surface area contributed by atoms with Crippen molar-refractivity contribution in [2.24, 2.45) is 17.8 Å². The molecule has 0 heterocycles. The van der Waals surface area contributed by atoms with Crippen LogP contribution in [0.5, 0.6) is 0 Å². The summed E-state index contributed by atoms with van der Waals surface area (Å²) in [6, 6.07) is 6.38. The first kappa shape index (κ1) is 15.9. The Morgan fingerprint density at radius 3 is 2.82 bits per heavy atom. The van der Waals surface area contributed by atoms with E-state index in [9.17, 15) is 4.79 Å². The van der Waals surface area contributed by atoms with Crippen molar-refractivity contribution in [3.63, 3.8) is 0 Å². The van der Waals surface area contributed by atoms with Gasteiger partial charge in [-0.3, -0.25) is 4.79 Å². The Morgan fingerprint density at radius 2 is 2.18 bits per heavy atom. The number of nitrogens with one attached hydrogen (secondary N) is 1. The first-order valence-corrected chi connectivity index (χ1v) is 8.95. The van der Waals surface area contributed by atoms with E-state index in [1.807, 2.05) is 19.1 Å². The molecular weight excluding hydrogens is 294 g/mol. The van der Waals surface area contributed by atoms with Crippen molar-refractivity contribution >= 4 is 17.5 Å². The first-order valence-electron chi connectivity index (χ1n) is 8.57. The summed E-state index contributed by atoms with van der Waals surface area (Å²) in [5.41, 5.74) is 2.22. The van der Waals surface area contributed by atoms with Gasteiger partial charge in [0.2, 0.25) is 5.91 Å². The summed E-state index contributed by atoms with van der Waals surface area (Å²) in [5.74, 6) is 2.67. The van der Waals surface area contributed by atoms with Gasteiger partial charge in [-0.2, -0.15) is 0 Å². The largest absolute Gasteiger partial charge is 0.353 e. The van der Waals surface area contributed by atoms with Crippen molar-refractivity contribution < 1.29 is 4.79 Å². The molecule has 4 atom stereocenters. The third-order valence-corrected chi connectivity index (χ3v) is 6.11. The molecule has 1 aromatic rings. The van der Waals surface area contributed by atoms with Gasteiger partial charge >= 0.3 is 0 Å². The van der Waals surface area contributed by atoms with Gasteiger partial charge in [-0.05, 0) is 74.5 Å². The SMILES string of the molecule is Cc1ccc(CCC(=O)NC(C)C2CC3CCC2C3)cc1Cl. The number of fused-ring (bicyclic) bond motifs is 2. The highest BCUT2D eigenvalue weighted by Crippen LogP contribution is 2.49. The van der Waals surface area contributed by atoms with E-state index < -0.39 is 0 Å². The van der Waals surface area contributed by atoms with Crippen LogP contribution in [-0.4, -0.2) is 11.9 Å². The highest BCUT2D eigenvalue weighted by molar-refractivity contribution is 6.31. The van der Waals surface area contributed by atoms with Gasteiger partial charge in [-0.25, -0.2) is 0 Å². The Kier molecular flexibility index (Phi) is 4.77. The normalized spacial score (nSPS) is 27.9. The number of benzene rings is 1. The summed E-state index contributed by atoms with van der Waals surface area (Å²) >= 11 is 6.14. The lowest BCUT2D eigenvalue weighted by atomic mass is 9.84. The number of hydrogen-bond acceptors (Lipinski definition) is 1. The van der Waals surface area contributed by atoms with Crippen molar-refractivity contribution in [3.8, 4) is 0 Å². The second-order valence-electron chi connectivity index (χ2n) is 7.28. The van der Waals surface area contributed by atoms with E-state index >= 15 is 0 Å². The Labute approximate surface area is 138 Å². The van der Waals surface area contributed by atoms with Gasteiger partial charge in [0.25, 0.3) is 0 Å². The third kappa shape index (κ3) is 3.48. The third-order valence-electron chi connectivity index (χ3n) is 5.70. The van der Waals surface area contributed by atoms with Crippen LogP contribution < -0.4 is 5.32 Å². The van der Waals surface area contributed by atoms with Crippen molar-refractivity contribution in [3.05, 3.63) is 34.3 Å². The smallest absolute Gasteiger partial charge is 0.220 e. The summed E-state index contributed by atoms with van der Waals surface area (Å²) in [6.07, 6.45) is 6.81. The molecule has 0 spiro atoms. The van der Waals surface area contributed by atoms with Gasteiger partial charge in [0.15, 0.2) is 0 Å². The quantitative estimate of drug-likeness (QED) is 0.849. The summed E-state index contributed by atoms with van der Waals surface area (Å²) in [7, 11) is 0. The minimum absolute atomic E-state index is 0.173. The van der Waals surface area contributed by atoms with Crippen molar-refractivity contribution in [1.29, 1.82) is 0 Å². The van der Waals surface area contributed by atoms with E-state index in [0.717, 1.165) is 34.4 Å². The van der Waals surface area contributed by atoms with E-state index in [1.165, 1.54) is 25.7 Å². The molecule has 0 radical (unpaired) electrons. The molecule has 0 aromatic heterocycles.